The Labute approximate surface area is 191 Å². The molecule has 0 N–H and O–H groups in total. The molecule has 2 amide bonds. The van der Waals surface area contributed by atoms with Crippen LogP contribution in [0.15, 0.2) is 53.6 Å². The van der Waals surface area contributed by atoms with Crippen LogP contribution in [0.25, 0.3) is 0 Å². The average Bonchev–Trinajstić information content (AvgIpc) is 3.25. The van der Waals surface area contributed by atoms with Crippen LogP contribution in [0.1, 0.15) is 37.9 Å². The first-order chi connectivity index (χ1) is 15.7. The molecule has 8 heteroatoms. The summed E-state index contributed by atoms with van der Waals surface area (Å²) < 4.78 is 10.9. The number of benzene rings is 2. The van der Waals surface area contributed by atoms with E-state index in [1.807, 2.05) is 24.3 Å². The van der Waals surface area contributed by atoms with Crippen LogP contribution in [0.4, 0.5) is 5.69 Å². The second kappa shape index (κ2) is 7.43. The zero-order chi connectivity index (χ0) is 23.5. The molecule has 33 heavy (non-hydrogen) atoms. The highest BCUT2D eigenvalue weighted by molar-refractivity contribution is 6.24. The van der Waals surface area contributed by atoms with Crippen molar-refractivity contribution in [2.24, 2.45) is 16.9 Å². The number of nitrogens with zero attached hydrogens (tertiary/aromatic N) is 3. The fourth-order valence-corrected chi connectivity index (χ4v) is 4.99. The summed E-state index contributed by atoms with van der Waals surface area (Å²) in [7, 11) is 1.55. The Balaban J connectivity index is 1.60. The highest BCUT2D eigenvalue weighted by Gasteiger charge is 2.66. The number of hydrogen-bond donors (Lipinski definition) is 0. The molecule has 0 aromatic heterocycles. The number of carbonyl (C=O) groups is 3. The second-order valence-electron chi connectivity index (χ2n) is 9.44. The van der Waals surface area contributed by atoms with Gasteiger partial charge in [-0.15, -0.1) is 0 Å². The summed E-state index contributed by atoms with van der Waals surface area (Å²) in [5.41, 5.74) is 1.43. The van der Waals surface area contributed by atoms with E-state index in [2.05, 4.69) is 5.10 Å². The lowest BCUT2D eigenvalue weighted by molar-refractivity contribution is -0.163. The van der Waals surface area contributed by atoms with Gasteiger partial charge in [0, 0.05) is 0 Å². The van der Waals surface area contributed by atoms with Gasteiger partial charge in [-0.3, -0.25) is 14.6 Å². The highest BCUT2D eigenvalue weighted by atomic mass is 16.6. The largest absolute Gasteiger partial charge is 0.497 e. The summed E-state index contributed by atoms with van der Waals surface area (Å²) in [6.45, 7) is 5.32. The van der Waals surface area contributed by atoms with Gasteiger partial charge in [-0.2, -0.15) is 5.10 Å². The highest BCUT2D eigenvalue weighted by Crippen LogP contribution is 2.52. The van der Waals surface area contributed by atoms with Crippen molar-refractivity contribution in [3.8, 4) is 5.75 Å². The summed E-state index contributed by atoms with van der Waals surface area (Å²) >= 11 is 0. The standard InChI is InChI=1S/C25H25N3O5/c1-25(2,3)33-24(31)21-19-18(20-17-8-6-5-7-14(17)13-26-28(20)21)22(29)27(23(19)30)15-9-11-16(32-4)12-10-15/h5-13,18-21H,1-4H3/t18-,19+,20?,21-/m1/s1. The number of amides is 2. The number of fused-ring (bicyclic) bond motifs is 5. The molecule has 5 rings (SSSR count). The van der Waals surface area contributed by atoms with Gasteiger partial charge >= 0.3 is 5.97 Å². The summed E-state index contributed by atoms with van der Waals surface area (Å²) in [6, 6.07) is 12.8. The number of esters is 1. The van der Waals surface area contributed by atoms with E-state index >= 15 is 0 Å². The molecule has 0 saturated carbocycles. The topological polar surface area (TPSA) is 88.5 Å². The molecule has 8 nitrogen and oxygen atoms in total. The summed E-state index contributed by atoms with van der Waals surface area (Å²) in [6.07, 6.45) is 1.67. The van der Waals surface area contributed by atoms with E-state index in [4.69, 9.17) is 9.47 Å². The van der Waals surface area contributed by atoms with Crippen LogP contribution in [0.2, 0.25) is 0 Å². The number of anilines is 1. The van der Waals surface area contributed by atoms with Gasteiger partial charge in [0.2, 0.25) is 11.8 Å². The lowest BCUT2D eigenvalue weighted by Crippen LogP contribution is -2.46. The van der Waals surface area contributed by atoms with Crippen molar-refractivity contribution >= 4 is 29.7 Å². The molecular weight excluding hydrogens is 422 g/mol. The molecule has 0 bridgehead atoms. The first kappa shape index (κ1) is 21.2. The zero-order valence-electron chi connectivity index (χ0n) is 18.9. The predicted octanol–water partition coefficient (Wildman–Crippen LogP) is 2.92. The maximum atomic E-state index is 13.7. The first-order valence-electron chi connectivity index (χ1n) is 10.9. The summed E-state index contributed by atoms with van der Waals surface area (Å²) in [5.74, 6) is -2.37. The number of carbonyl (C=O) groups excluding carboxylic acids is 3. The molecule has 170 valence electrons. The Morgan fingerprint density at radius 2 is 1.64 bits per heavy atom. The Morgan fingerprint density at radius 1 is 0.970 bits per heavy atom. The van der Waals surface area contributed by atoms with Crippen molar-refractivity contribution in [2.45, 2.75) is 38.5 Å². The minimum atomic E-state index is -0.997. The Kier molecular flexibility index (Phi) is 4.77. The van der Waals surface area contributed by atoms with E-state index in [0.29, 0.717) is 11.4 Å². The van der Waals surface area contributed by atoms with Crippen LogP contribution in [-0.2, 0) is 19.1 Å². The van der Waals surface area contributed by atoms with Crippen LogP contribution in [-0.4, -0.2) is 47.8 Å². The molecule has 2 aromatic rings. The monoisotopic (exact) mass is 447 g/mol. The molecular formula is C25H25N3O5. The van der Waals surface area contributed by atoms with Crippen molar-refractivity contribution < 1.29 is 23.9 Å². The number of hydrazone groups is 1. The molecule has 2 saturated heterocycles. The van der Waals surface area contributed by atoms with Crippen molar-refractivity contribution in [3.05, 3.63) is 59.7 Å². The van der Waals surface area contributed by atoms with E-state index in [-0.39, 0.29) is 5.91 Å². The zero-order valence-corrected chi connectivity index (χ0v) is 18.9. The predicted molar refractivity (Wildman–Crippen MR) is 121 cm³/mol. The quantitative estimate of drug-likeness (QED) is 0.531. The number of imide groups is 1. The molecule has 3 aliphatic heterocycles. The molecule has 0 spiro atoms. The molecule has 3 aliphatic rings. The lowest BCUT2D eigenvalue weighted by atomic mass is 9.85. The van der Waals surface area contributed by atoms with Crippen LogP contribution in [0, 0.1) is 11.8 Å². The van der Waals surface area contributed by atoms with Gasteiger partial charge in [0.15, 0.2) is 6.04 Å². The van der Waals surface area contributed by atoms with Crippen LogP contribution in [0.3, 0.4) is 0 Å². The molecule has 2 fully saturated rings. The van der Waals surface area contributed by atoms with Gasteiger partial charge in [-0.25, -0.2) is 9.69 Å². The first-order valence-corrected chi connectivity index (χ1v) is 10.9. The van der Waals surface area contributed by atoms with E-state index in [0.717, 1.165) is 11.1 Å². The minimum Gasteiger partial charge on any atom is -0.497 e. The van der Waals surface area contributed by atoms with Gasteiger partial charge in [0.1, 0.15) is 11.4 Å². The fourth-order valence-electron chi connectivity index (χ4n) is 4.99. The average molecular weight is 447 g/mol. The van der Waals surface area contributed by atoms with E-state index in [1.54, 1.807) is 63.4 Å². The van der Waals surface area contributed by atoms with Crippen molar-refractivity contribution in [1.82, 2.24) is 5.01 Å². The van der Waals surface area contributed by atoms with Crippen LogP contribution >= 0.6 is 0 Å². The van der Waals surface area contributed by atoms with Gasteiger partial charge < -0.3 is 9.47 Å². The summed E-state index contributed by atoms with van der Waals surface area (Å²) in [4.78, 5) is 41.9. The van der Waals surface area contributed by atoms with E-state index in [9.17, 15) is 14.4 Å². The van der Waals surface area contributed by atoms with Crippen LogP contribution in [0.5, 0.6) is 5.75 Å². The third-order valence-corrected chi connectivity index (χ3v) is 6.27. The Bertz CT molecular complexity index is 1170. The normalized spacial score (nSPS) is 25.6. The van der Waals surface area contributed by atoms with Gasteiger partial charge in [0.25, 0.3) is 0 Å². The third kappa shape index (κ3) is 3.28. The third-order valence-electron chi connectivity index (χ3n) is 6.27. The van der Waals surface area contributed by atoms with Gasteiger partial charge in [-0.1, -0.05) is 24.3 Å². The van der Waals surface area contributed by atoms with Crippen molar-refractivity contribution in [3.63, 3.8) is 0 Å². The lowest BCUT2D eigenvalue weighted by Gasteiger charge is -2.34. The van der Waals surface area contributed by atoms with Gasteiger partial charge in [0.05, 0.1) is 36.9 Å². The van der Waals surface area contributed by atoms with Gasteiger partial charge in [-0.05, 0) is 56.2 Å². The molecule has 3 heterocycles. The van der Waals surface area contributed by atoms with Crippen LogP contribution < -0.4 is 9.64 Å². The number of hydrogen-bond acceptors (Lipinski definition) is 7. The minimum absolute atomic E-state index is 0.344. The fraction of sp³-hybridized carbons (Fsp3) is 0.360. The maximum absolute atomic E-state index is 13.7. The van der Waals surface area contributed by atoms with E-state index in [1.165, 1.54) is 4.90 Å². The Morgan fingerprint density at radius 3 is 2.30 bits per heavy atom. The molecule has 4 atom stereocenters. The molecule has 1 unspecified atom stereocenters. The Hall–Kier alpha value is -3.68. The maximum Gasteiger partial charge on any atom is 0.331 e. The smallest absolute Gasteiger partial charge is 0.331 e. The SMILES string of the molecule is COc1ccc(N2C(=O)[C@H]3[C@@H](C2=O)C2c4ccccc4C=NN2[C@H]3C(=O)OC(C)(C)C)cc1. The van der Waals surface area contributed by atoms with Crippen molar-refractivity contribution in [1.29, 1.82) is 0 Å². The number of rotatable bonds is 3. The summed E-state index contributed by atoms with van der Waals surface area (Å²) in [5, 5.41) is 6.10. The second-order valence-corrected chi connectivity index (χ2v) is 9.44. The van der Waals surface area contributed by atoms with Crippen molar-refractivity contribution in [2.75, 3.05) is 12.0 Å². The number of ether oxygens (including phenoxy) is 2. The molecule has 2 aromatic carbocycles. The molecule has 0 radical (unpaired) electrons. The molecule has 0 aliphatic carbocycles. The van der Waals surface area contributed by atoms with E-state index < -0.39 is 41.4 Å². The number of methoxy groups -OCH3 is 1.